The van der Waals surface area contributed by atoms with Crippen molar-refractivity contribution in [2.24, 2.45) is 0 Å². The van der Waals surface area contributed by atoms with E-state index in [-0.39, 0.29) is 24.8 Å². The first-order valence-electron chi connectivity index (χ1n) is 10.6. The second-order valence-electron chi connectivity index (χ2n) is 8.42. The van der Waals surface area contributed by atoms with Crippen LogP contribution < -0.4 is 24.8 Å². The predicted molar refractivity (Wildman–Crippen MR) is 109 cm³/mol. The molecule has 27 heavy (non-hydrogen) atoms. The smallest absolute Gasteiger partial charge is 1.00 e. The topological polar surface area (TPSA) is 0 Å². The molecule has 0 saturated carbocycles. The first kappa shape index (κ1) is 27.4. The third-order valence-corrected chi connectivity index (χ3v) is 9.61. The molecule has 2 atom stereocenters. The molecule has 0 fully saturated rings. The van der Waals surface area contributed by atoms with E-state index in [4.69, 9.17) is 0 Å². The van der Waals surface area contributed by atoms with Gasteiger partial charge in [0.05, 0.1) is 0 Å². The third-order valence-electron chi connectivity index (χ3n) is 5.43. The minimum atomic E-state index is -0.617. The summed E-state index contributed by atoms with van der Waals surface area (Å²) in [6.45, 7) is 9.56. The Hall–Kier alpha value is 0.423. The summed E-state index contributed by atoms with van der Waals surface area (Å²) >= 11 is -0.617. The quantitative estimate of drug-likeness (QED) is 0.370. The molecule has 2 rings (SSSR count). The Balaban J connectivity index is 0.00000338. The van der Waals surface area contributed by atoms with Crippen LogP contribution in [0.15, 0.2) is 47.6 Å². The molecule has 0 radical (unpaired) electrons. The zero-order valence-corrected chi connectivity index (χ0v) is 21.8. The summed E-state index contributed by atoms with van der Waals surface area (Å²) in [7, 11) is 0. The van der Waals surface area contributed by atoms with Crippen molar-refractivity contribution in [3.63, 3.8) is 0 Å². The fourth-order valence-electron chi connectivity index (χ4n) is 4.08. The molecule has 3 heteroatoms. The maximum absolute atomic E-state index is 2.62. The maximum atomic E-state index is 2.62. The zero-order chi connectivity index (χ0) is 18.2. The fraction of sp³-hybridized carbons (Fsp3) is 0.667. The molecule has 2 aliphatic carbocycles. The number of rotatable bonds is 12. The number of hydrogen-bond donors (Lipinski definition) is 0. The molecule has 152 valence electrons. The van der Waals surface area contributed by atoms with Gasteiger partial charge in [-0.25, -0.2) is 0 Å². The Morgan fingerprint density at radius 1 is 0.667 bits per heavy atom. The van der Waals surface area contributed by atoms with E-state index in [0.717, 1.165) is 0 Å². The predicted octanol–water partition coefficient (Wildman–Crippen LogP) is 2.37. The molecule has 2 aliphatic rings. The van der Waals surface area contributed by atoms with Gasteiger partial charge in [0.2, 0.25) is 0 Å². The average Bonchev–Trinajstić information content (AvgIpc) is 3.11. The molecule has 0 nitrogen and oxygen atoms in total. The number of allylic oxidation sites excluding steroid dienone is 8. The summed E-state index contributed by atoms with van der Waals surface area (Å²) in [4.78, 5) is 0. The van der Waals surface area contributed by atoms with Crippen molar-refractivity contribution < 1.29 is 48.0 Å². The van der Waals surface area contributed by atoms with Crippen LogP contribution in [0.2, 0.25) is 6.25 Å². The van der Waals surface area contributed by atoms with E-state index in [1.54, 1.807) is 11.1 Å². The zero-order valence-electron chi connectivity index (χ0n) is 17.8. The van der Waals surface area contributed by atoms with Crippen LogP contribution >= 0.6 is 0 Å². The summed E-state index contributed by atoms with van der Waals surface area (Å²) in [5.74, 6) is 0. The molecule has 0 N–H and O–H groups in total. The molecule has 0 heterocycles. The molecule has 0 saturated heterocycles. The Morgan fingerprint density at radius 2 is 1.07 bits per heavy atom. The summed E-state index contributed by atoms with van der Waals surface area (Å²) in [5, 5.41) is 0. The molecule has 0 amide bonds. The van der Waals surface area contributed by atoms with Crippen molar-refractivity contribution in [1.82, 2.24) is 0 Å². The number of halogens is 2. The molecule has 0 bridgehead atoms. The second kappa shape index (κ2) is 13.6. The van der Waals surface area contributed by atoms with Gasteiger partial charge in [0, 0.05) is 0 Å². The Labute approximate surface area is 192 Å². The molecule has 0 aromatic carbocycles. The van der Waals surface area contributed by atoms with E-state index in [0.29, 0.717) is 6.25 Å². The largest absolute Gasteiger partial charge is 1.00 e. The molecule has 2 unspecified atom stereocenters. The van der Waals surface area contributed by atoms with E-state index < -0.39 is 23.2 Å². The van der Waals surface area contributed by atoms with Crippen LogP contribution in [0, 0.1) is 0 Å². The summed E-state index contributed by atoms with van der Waals surface area (Å²) in [6, 6.07) is 0. The monoisotopic (exact) mass is 486 g/mol. The number of hydrogen-bond acceptors (Lipinski definition) is 0. The van der Waals surface area contributed by atoms with Crippen LogP contribution in [0.5, 0.6) is 0 Å². The van der Waals surface area contributed by atoms with Crippen LogP contribution in [-0.2, 0) is 23.2 Å². The molecular weight excluding hydrogens is 450 g/mol. The van der Waals surface area contributed by atoms with Crippen LogP contribution in [0.4, 0.5) is 0 Å². The maximum Gasteiger partial charge on any atom is -1.00 e. The molecule has 0 aliphatic heterocycles. The standard InChI is InChI=1S/2C12H19.2ClH.Zr/c2*1-3-4-5-6-7-12-9-8-11(2)10-12;;;/h2*8-10H,3-7H2,1-2H3;2*1H;/q;;;;+2/p-2. The van der Waals surface area contributed by atoms with Crippen molar-refractivity contribution in [1.29, 1.82) is 0 Å². The van der Waals surface area contributed by atoms with E-state index in [2.05, 4.69) is 64.2 Å². The van der Waals surface area contributed by atoms with E-state index in [1.807, 2.05) is 0 Å². The van der Waals surface area contributed by atoms with E-state index in [9.17, 15) is 0 Å². The van der Waals surface area contributed by atoms with Gasteiger partial charge in [-0.05, 0) is 0 Å². The van der Waals surface area contributed by atoms with Gasteiger partial charge in [0.15, 0.2) is 0 Å². The van der Waals surface area contributed by atoms with Crippen LogP contribution in [0.25, 0.3) is 0 Å². The van der Waals surface area contributed by atoms with Crippen LogP contribution in [0.3, 0.4) is 0 Å². The number of unbranched alkanes of at least 4 members (excludes halogenated alkanes) is 6. The van der Waals surface area contributed by atoms with Gasteiger partial charge in [-0.15, -0.1) is 0 Å². The second-order valence-corrected chi connectivity index (χ2v) is 14.3. The van der Waals surface area contributed by atoms with Crippen molar-refractivity contribution >= 4 is 0 Å². The van der Waals surface area contributed by atoms with Gasteiger partial charge in [0.1, 0.15) is 0 Å². The third kappa shape index (κ3) is 9.65. The molecule has 0 spiro atoms. The minimum Gasteiger partial charge on any atom is -1.00 e. The van der Waals surface area contributed by atoms with Gasteiger partial charge in [-0.3, -0.25) is 0 Å². The normalized spacial score (nSPS) is 25.5. The van der Waals surface area contributed by atoms with Gasteiger partial charge in [0.25, 0.3) is 0 Å². The van der Waals surface area contributed by atoms with E-state index >= 15 is 0 Å². The molecule has 0 aromatic heterocycles. The van der Waals surface area contributed by atoms with Crippen molar-refractivity contribution in [3.8, 4) is 0 Å². The minimum absolute atomic E-state index is 0. The van der Waals surface area contributed by atoms with Crippen LogP contribution in [0.1, 0.15) is 91.9 Å². The summed E-state index contributed by atoms with van der Waals surface area (Å²) < 4.78 is 0.799. The van der Waals surface area contributed by atoms with Crippen LogP contribution in [-0.4, -0.2) is 0 Å². The summed E-state index contributed by atoms with van der Waals surface area (Å²) in [5.41, 5.74) is 3.21. The Morgan fingerprint density at radius 3 is 1.44 bits per heavy atom. The van der Waals surface area contributed by atoms with Gasteiger partial charge in [-0.2, -0.15) is 0 Å². The molecule has 0 aromatic rings. The first-order valence-corrected chi connectivity index (χ1v) is 13.1. The van der Waals surface area contributed by atoms with Crippen molar-refractivity contribution in [3.05, 3.63) is 47.6 Å². The molecular formula is C24H38Cl2Zr. The Bertz CT molecular complexity index is 499. The van der Waals surface area contributed by atoms with Gasteiger partial charge in [-0.1, -0.05) is 0 Å². The van der Waals surface area contributed by atoms with Gasteiger partial charge >= 0.3 is 169 Å². The average molecular weight is 489 g/mol. The summed E-state index contributed by atoms with van der Waals surface area (Å²) in [6.07, 6.45) is 28.7. The SMILES string of the molecule is CCCCCCC1=C[C](C)([Zr+2][C]2(C)C=CC(CCCCCC)=C2)C=C1.[Cl-].[Cl-]. The van der Waals surface area contributed by atoms with Crippen molar-refractivity contribution in [2.45, 2.75) is 98.1 Å². The van der Waals surface area contributed by atoms with Crippen molar-refractivity contribution in [2.75, 3.05) is 0 Å². The first-order chi connectivity index (χ1) is 12.0. The van der Waals surface area contributed by atoms with E-state index in [1.165, 1.54) is 64.2 Å². The Kier molecular flexibility index (Phi) is 13.8. The van der Waals surface area contributed by atoms with Gasteiger partial charge < -0.3 is 24.8 Å². The fourth-order valence-corrected chi connectivity index (χ4v) is 9.02.